The van der Waals surface area contributed by atoms with Gasteiger partial charge in [-0.1, -0.05) is 50.6 Å². The maximum Gasteiger partial charge on any atom is 0.435 e. The topological polar surface area (TPSA) is 158 Å². The van der Waals surface area contributed by atoms with Crippen LogP contribution in [0.15, 0.2) is 64.8 Å². The summed E-state index contributed by atoms with van der Waals surface area (Å²) in [6, 6.07) is 11.1. The summed E-state index contributed by atoms with van der Waals surface area (Å²) in [7, 11) is -3.31. The van der Waals surface area contributed by atoms with Crippen LogP contribution >= 0.6 is 0 Å². The number of carbonyl (C=O) groups excluding carboxylic acids is 2. The highest BCUT2D eigenvalue weighted by atomic mass is 32.2. The molecule has 0 radical (unpaired) electrons. The van der Waals surface area contributed by atoms with E-state index in [4.69, 9.17) is 9.57 Å². The van der Waals surface area contributed by atoms with Crippen LogP contribution in [0.1, 0.15) is 51.8 Å². The minimum absolute atomic E-state index is 0.0358. The SMILES string of the molecule is CCC(=O)OC(C)O/N=[N+](/[O-])N(C)[C@@H](CC(C)C)C(=O)NS(=O)(=O)c1ccc(-n2nc(C(F)(F)F)cc2-c2ccc(C)cc2)cc1. The van der Waals surface area contributed by atoms with Crippen molar-refractivity contribution in [1.82, 2.24) is 19.5 Å². The van der Waals surface area contributed by atoms with Crippen LogP contribution in [0.3, 0.4) is 0 Å². The van der Waals surface area contributed by atoms with Crippen LogP contribution < -0.4 is 4.72 Å². The van der Waals surface area contributed by atoms with Crippen molar-refractivity contribution in [1.29, 1.82) is 0 Å². The van der Waals surface area contributed by atoms with Crippen LogP contribution in [0.5, 0.6) is 0 Å². The zero-order valence-electron chi connectivity index (χ0n) is 26.0. The van der Waals surface area contributed by atoms with Gasteiger partial charge in [0, 0.05) is 18.9 Å². The first kappa shape index (κ1) is 35.8. The van der Waals surface area contributed by atoms with Crippen molar-refractivity contribution in [2.75, 3.05) is 7.05 Å². The van der Waals surface area contributed by atoms with E-state index in [0.29, 0.717) is 5.56 Å². The number of ether oxygens (including phenoxy) is 1. The Morgan fingerprint density at radius 2 is 1.72 bits per heavy atom. The Balaban J connectivity index is 1.85. The summed E-state index contributed by atoms with van der Waals surface area (Å²) in [5.41, 5.74) is 0.493. The number of esters is 1. The fourth-order valence-electron chi connectivity index (χ4n) is 4.12. The number of aryl methyl sites for hydroxylation is 1. The molecule has 1 unspecified atom stereocenters. The molecule has 2 atom stereocenters. The van der Waals surface area contributed by atoms with E-state index in [2.05, 4.69) is 10.4 Å². The Morgan fingerprint density at radius 1 is 1.11 bits per heavy atom. The first-order valence-corrected chi connectivity index (χ1v) is 15.6. The van der Waals surface area contributed by atoms with Crippen molar-refractivity contribution >= 4 is 21.9 Å². The number of sulfonamides is 1. The normalized spacial score (nSPS) is 13.7. The van der Waals surface area contributed by atoms with E-state index in [9.17, 15) is 36.4 Å². The molecule has 0 spiro atoms. The van der Waals surface area contributed by atoms with Gasteiger partial charge in [-0.2, -0.15) is 18.3 Å². The largest absolute Gasteiger partial charge is 0.569 e. The number of nitrogens with zero attached hydrogens (tertiary/aromatic N) is 5. The average Bonchev–Trinajstić information content (AvgIpc) is 3.44. The summed E-state index contributed by atoms with van der Waals surface area (Å²) >= 11 is 0. The minimum atomic E-state index is -4.73. The van der Waals surface area contributed by atoms with Gasteiger partial charge < -0.3 is 9.94 Å². The maximum atomic E-state index is 13.6. The average molecular weight is 669 g/mol. The first-order valence-electron chi connectivity index (χ1n) is 14.1. The smallest absolute Gasteiger partial charge is 0.435 e. The Bertz CT molecular complexity index is 1660. The summed E-state index contributed by atoms with van der Waals surface area (Å²) < 4.78 is 74.8. The second kappa shape index (κ2) is 14.6. The minimum Gasteiger partial charge on any atom is -0.569 e. The van der Waals surface area contributed by atoms with Crippen molar-refractivity contribution < 1.29 is 45.7 Å². The Kier molecular flexibility index (Phi) is 11.4. The van der Waals surface area contributed by atoms with Crippen LogP contribution in [0.2, 0.25) is 0 Å². The molecule has 0 aliphatic rings. The number of aromatic nitrogens is 2. The van der Waals surface area contributed by atoms with Crippen molar-refractivity contribution in [2.45, 2.75) is 70.9 Å². The number of carbonyl (C=O) groups is 2. The summed E-state index contributed by atoms with van der Waals surface area (Å²) in [5, 5.41) is 20.4. The summed E-state index contributed by atoms with van der Waals surface area (Å²) in [6.45, 7) is 8.22. The van der Waals surface area contributed by atoms with E-state index in [1.807, 2.05) is 11.6 Å². The van der Waals surface area contributed by atoms with Crippen molar-refractivity contribution in [3.8, 4) is 16.9 Å². The number of amides is 1. The predicted molar refractivity (Wildman–Crippen MR) is 158 cm³/mol. The summed E-state index contributed by atoms with van der Waals surface area (Å²) in [5.74, 6) is -1.81. The third kappa shape index (κ3) is 9.18. The molecule has 1 heterocycles. The molecule has 0 aliphatic heterocycles. The van der Waals surface area contributed by atoms with Crippen LogP contribution in [0, 0.1) is 18.0 Å². The lowest BCUT2D eigenvalue weighted by Gasteiger charge is -2.24. The van der Waals surface area contributed by atoms with Gasteiger partial charge in [-0.05, 0) is 49.6 Å². The number of hydrogen-bond donors (Lipinski definition) is 1. The van der Waals surface area contributed by atoms with Crippen LogP contribution in [0.4, 0.5) is 13.2 Å². The number of likely N-dealkylation sites (N-methyl/N-ethyl adjacent to an activating group) is 1. The standard InChI is InChI=1S/C29H35F3N6O7S/c1-7-27(39)44-20(5)45-35-38(41)36(6)25(16-18(2)3)28(40)34-46(42,43)23-14-12-22(13-15-23)37-24(17-26(33-37)29(30,31)32)21-10-8-19(4)9-11-21/h8-15,17-18,20,25H,7,16H2,1-6H3,(H,34,40)/b38-35+/t20?,25-/m0/s1. The molecule has 250 valence electrons. The van der Waals surface area contributed by atoms with Gasteiger partial charge in [0.05, 0.1) is 28.3 Å². The molecule has 0 saturated carbocycles. The maximum absolute atomic E-state index is 13.6. The van der Waals surface area contributed by atoms with Crippen LogP contribution in [0.25, 0.3) is 16.9 Å². The Labute approximate surface area is 264 Å². The monoisotopic (exact) mass is 668 g/mol. The van der Waals surface area contributed by atoms with Crippen LogP contribution in [-0.2, 0) is 35.4 Å². The highest BCUT2D eigenvalue weighted by molar-refractivity contribution is 7.90. The number of halogens is 3. The molecule has 1 N–H and O–H groups in total. The predicted octanol–water partition coefficient (Wildman–Crippen LogP) is 5.13. The lowest BCUT2D eigenvalue weighted by atomic mass is 10.0. The molecule has 0 aliphatic carbocycles. The van der Waals surface area contributed by atoms with E-state index >= 15 is 0 Å². The van der Waals surface area contributed by atoms with Crippen molar-refractivity contribution in [2.24, 2.45) is 11.2 Å². The summed E-state index contributed by atoms with van der Waals surface area (Å²) in [4.78, 5) is 29.0. The number of rotatable bonds is 13. The number of hydrogen-bond acceptors (Lipinski definition) is 9. The van der Waals surface area contributed by atoms with Crippen molar-refractivity contribution in [3.05, 3.63) is 71.1 Å². The molecular formula is C29H35F3N6O7S. The molecule has 1 aromatic heterocycles. The highest BCUT2D eigenvalue weighted by Gasteiger charge is 2.36. The van der Waals surface area contributed by atoms with E-state index < -0.39 is 46.1 Å². The van der Waals surface area contributed by atoms with Crippen LogP contribution in [-0.4, -0.2) is 59.4 Å². The number of nitrogens with one attached hydrogen (secondary N) is 1. The zero-order valence-corrected chi connectivity index (χ0v) is 26.8. The zero-order chi connectivity index (χ0) is 34.4. The molecule has 0 bridgehead atoms. The number of benzene rings is 2. The quantitative estimate of drug-likeness (QED) is 0.0857. The van der Waals surface area contributed by atoms with Gasteiger partial charge in [0.15, 0.2) is 11.7 Å². The molecule has 3 rings (SSSR count). The molecule has 0 saturated heterocycles. The second-order valence-electron chi connectivity index (χ2n) is 10.7. The third-order valence-corrected chi connectivity index (χ3v) is 7.91. The van der Waals surface area contributed by atoms with Gasteiger partial charge in [-0.25, -0.2) is 17.8 Å². The molecule has 2 aromatic carbocycles. The van der Waals surface area contributed by atoms with E-state index in [-0.39, 0.29) is 40.0 Å². The molecule has 0 fully saturated rings. The highest BCUT2D eigenvalue weighted by Crippen LogP contribution is 2.33. The number of hydrazine groups is 1. The van der Waals surface area contributed by atoms with Gasteiger partial charge in [-0.3, -0.25) is 14.4 Å². The first-order chi connectivity index (χ1) is 21.4. The molecular weight excluding hydrogens is 633 g/mol. The lowest BCUT2D eigenvalue weighted by molar-refractivity contribution is -0.712. The Morgan fingerprint density at radius 3 is 2.26 bits per heavy atom. The lowest BCUT2D eigenvalue weighted by Crippen LogP contribution is -2.49. The molecule has 13 nitrogen and oxygen atoms in total. The second-order valence-corrected chi connectivity index (χ2v) is 12.4. The fraction of sp³-hybridized carbons (Fsp3) is 0.414. The van der Waals surface area contributed by atoms with Crippen molar-refractivity contribution in [3.63, 3.8) is 0 Å². The van der Waals surface area contributed by atoms with E-state index in [1.165, 1.54) is 26.1 Å². The molecule has 46 heavy (non-hydrogen) atoms. The van der Waals surface area contributed by atoms with Gasteiger partial charge >= 0.3 is 12.1 Å². The van der Waals surface area contributed by atoms with E-state index in [0.717, 1.165) is 33.5 Å². The van der Waals surface area contributed by atoms with Gasteiger partial charge in [-0.15, -0.1) is 5.01 Å². The Hall–Kier alpha value is -4.67. The van der Waals surface area contributed by atoms with Gasteiger partial charge in [0.2, 0.25) is 5.28 Å². The molecule has 3 aromatic rings. The van der Waals surface area contributed by atoms with E-state index in [1.54, 1.807) is 45.0 Å². The van der Waals surface area contributed by atoms with Gasteiger partial charge in [0.1, 0.15) is 0 Å². The number of alkyl halides is 3. The molecule has 17 heteroatoms. The fourth-order valence-corrected chi connectivity index (χ4v) is 5.13. The summed E-state index contributed by atoms with van der Waals surface area (Å²) in [6.07, 6.45) is -5.82. The third-order valence-electron chi connectivity index (χ3n) is 6.54. The van der Waals surface area contributed by atoms with Gasteiger partial charge in [0.25, 0.3) is 22.2 Å². The molecule has 1 amide bonds.